The number of rotatable bonds is 7. The molecular weight excluding hydrogens is 306 g/mol. The van der Waals surface area contributed by atoms with E-state index in [1.807, 2.05) is 37.3 Å². The number of carbonyl (C=O) groups is 1. The molecule has 130 valence electrons. The summed E-state index contributed by atoms with van der Waals surface area (Å²) in [5.74, 6) is 0.467. The molecule has 0 aliphatic heterocycles. The lowest BCUT2D eigenvalue weighted by atomic mass is 9.98. The highest BCUT2D eigenvalue weighted by Crippen LogP contribution is 2.20. The van der Waals surface area contributed by atoms with E-state index in [0.29, 0.717) is 0 Å². The molecule has 2 rings (SSSR count). The van der Waals surface area contributed by atoms with Gasteiger partial charge in [0.25, 0.3) is 0 Å². The SMILES string of the molecule is COc1ccc(/C=C(C)/C=N/OCC(=O)OC2CCCCC2)cc1. The van der Waals surface area contributed by atoms with E-state index in [9.17, 15) is 4.79 Å². The highest BCUT2D eigenvalue weighted by molar-refractivity contribution is 5.84. The molecule has 1 aliphatic carbocycles. The first-order valence-electron chi connectivity index (χ1n) is 8.34. The van der Waals surface area contributed by atoms with Crippen LogP contribution in [0.1, 0.15) is 44.6 Å². The highest BCUT2D eigenvalue weighted by Gasteiger charge is 2.17. The van der Waals surface area contributed by atoms with Crippen molar-refractivity contribution in [2.24, 2.45) is 5.16 Å². The zero-order valence-corrected chi connectivity index (χ0v) is 14.4. The zero-order valence-electron chi connectivity index (χ0n) is 14.4. The molecule has 0 spiro atoms. The largest absolute Gasteiger partial charge is 0.497 e. The van der Waals surface area contributed by atoms with Gasteiger partial charge in [-0.05, 0) is 55.9 Å². The van der Waals surface area contributed by atoms with Gasteiger partial charge >= 0.3 is 5.97 Å². The number of benzene rings is 1. The van der Waals surface area contributed by atoms with Crippen molar-refractivity contribution in [2.75, 3.05) is 13.7 Å². The third-order valence-electron chi connectivity index (χ3n) is 3.87. The lowest BCUT2D eigenvalue weighted by Crippen LogP contribution is -2.23. The predicted octanol–water partition coefficient (Wildman–Crippen LogP) is 3.98. The van der Waals surface area contributed by atoms with Crippen molar-refractivity contribution < 1.29 is 19.1 Å². The minimum atomic E-state index is -0.351. The maximum atomic E-state index is 11.7. The topological polar surface area (TPSA) is 57.1 Å². The molecule has 0 aromatic heterocycles. The molecule has 0 bridgehead atoms. The molecule has 24 heavy (non-hydrogen) atoms. The molecule has 0 heterocycles. The first-order valence-corrected chi connectivity index (χ1v) is 8.34. The molecule has 0 saturated heterocycles. The minimum Gasteiger partial charge on any atom is -0.497 e. The second kappa shape index (κ2) is 9.75. The maximum absolute atomic E-state index is 11.7. The standard InChI is InChI=1S/C19H25NO4/c1-15(12-16-8-10-17(22-2)11-9-16)13-20-23-14-19(21)24-18-6-4-3-5-7-18/h8-13,18H,3-7,14H2,1-2H3/b15-12+,20-13+. The van der Waals surface area contributed by atoms with Crippen LogP contribution in [0.3, 0.4) is 0 Å². The van der Waals surface area contributed by atoms with Crippen LogP contribution in [0.2, 0.25) is 0 Å². The van der Waals surface area contributed by atoms with Crippen molar-refractivity contribution in [1.29, 1.82) is 0 Å². The fraction of sp³-hybridized carbons (Fsp3) is 0.474. The summed E-state index contributed by atoms with van der Waals surface area (Å²) in [5.41, 5.74) is 1.96. The summed E-state index contributed by atoms with van der Waals surface area (Å²) in [6, 6.07) is 7.71. The number of nitrogens with zero attached hydrogens (tertiary/aromatic N) is 1. The van der Waals surface area contributed by atoms with E-state index in [4.69, 9.17) is 14.3 Å². The van der Waals surface area contributed by atoms with E-state index in [-0.39, 0.29) is 18.7 Å². The summed E-state index contributed by atoms with van der Waals surface area (Å²) in [4.78, 5) is 16.7. The fourth-order valence-electron chi connectivity index (χ4n) is 2.61. The Hall–Kier alpha value is -2.30. The minimum absolute atomic E-state index is 0.0514. The lowest BCUT2D eigenvalue weighted by Gasteiger charge is -2.21. The van der Waals surface area contributed by atoms with Crippen molar-refractivity contribution in [2.45, 2.75) is 45.1 Å². The van der Waals surface area contributed by atoms with Gasteiger partial charge in [0.2, 0.25) is 6.61 Å². The normalized spacial score (nSPS) is 16.2. The fourth-order valence-corrected chi connectivity index (χ4v) is 2.61. The first-order chi connectivity index (χ1) is 11.7. The van der Waals surface area contributed by atoms with Gasteiger partial charge in [0.05, 0.1) is 13.3 Å². The Morgan fingerprint density at radius 1 is 1.21 bits per heavy atom. The van der Waals surface area contributed by atoms with Gasteiger partial charge in [-0.15, -0.1) is 0 Å². The molecule has 5 heteroatoms. The summed E-state index contributed by atoms with van der Waals surface area (Å²) >= 11 is 0. The number of hydrogen-bond donors (Lipinski definition) is 0. The van der Waals surface area contributed by atoms with Crippen LogP contribution in [0, 0.1) is 0 Å². The van der Waals surface area contributed by atoms with E-state index >= 15 is 0 Å². The van der Waals surface area contributed by atoms with Crippen LogP contribution < -0.4 is 4.74 Å². The Morgan fingerprint density at radius 2 is 1.92 bits per heavy atom. The van der Waals surface area contributed by atoms with Gasteiger partial charge in [-0.25, -0.2) is 4.79 Å². The molecule has 1 aliphatic rings. The Bertz CT molecular complexity index is 572. The summed E-state index contributed by atoms with van der Waals surface area (Å²) in [6.45, 7) is 1.76. The van der Waals surface area contributed by atoms with Crippen molar-refractivity contribution in [3.63, 3.8) is 0 Å². The summed E-state index contributed by atoms with van der Waals surface area (Å²) in [5, 5.41) is 3.82. The molecule has 0 radical (unpaired) electrons. The smallest absolute Gasteiger partial charge is 0.347 e. The van der Waals surface area contributed by atoms with Crippen LogP contribution in [-0.4, -0.2) is 32.0 Å². The van der Waals surface area contributed by atoms with E-state index in [2.05, 4.69) is 5.16 Å². The number of hydrogen-bond acceptors (Lipinski definition) is 5. The van der Waals surface area contributed by atoms with Crippen LogP contribution in [0.25, 0.3) is 6.08 Å². The molecule has 5 nitrogen and oxygen atoms in total. The number of carbonyl (C=O) groups excluding carboxylic acids is 1. The quantitative estimate of drug-likeness (QED) is 0.431. The van der Waals surface area contributed by atoms with Crippen molar-refractivity contribution in [1.82, 2.24) is 0 Å². The number of oxime groups is 1. The molecular formula is C19H25NO4. The van der Waals surface area contributed by atoms with Crippen LogP contribution in [0.5, 0.6) is 5.75 Å². The number of esters is 1. The van der Waals surface area contributed by atoms with Crippen molar-refractivity contribution >= 4 is 18.3 Å². The third-order valence-corrected chi connectivity index (χ3v) is 3.87. The van der Waals surface area contributed by atoms with E-state index in [1.165, 1.54) is 6.42 Å². The highest BCUT2D eigenvalue weighted by atomic mass is 16.7. The Balaban J connectivity index is 1.71. The molecule has 0 N–H and O–H groups in total. The van der Waals surface area contributed by atoms with Crippen molar-refractivity contribution in [3.8, 4) is 5.75 Å². The Labute approximate surface area is 143 Å². The van der Waals surface area contributed by atoms with Crippen LogP contribution in [0.15, 0.2) is 35.0 Å². The Kier molecular flexibility index (Phi) is 7.33. The van der Waals surface area contributed by atoms with Gasteiger partial charge in [-0.2, -0.15) is 0 Å². The van der Waals surface area contributed by atoms with Crippen molar-refractivity contribution in [3.05, 3.63) is 35.4 Å². The number of methoxy groups -OCH3 is 1. The molecule has 0 amide bonds. The second-order valence-corrected chi connectivity index (χ2v) is 5.92. The van der Waals surface area contributed by atoms with Gasteiger partial charge in [-0.1, -0.05) is 29.8 Å². The molecule has 1 fully saturated rings. The second-order valence-electron chi connectivity index (χ2n) is 5.92. The average Bonchev–Trinajstić information content (AvgIpc) is 2.60. The monoisotopic (exact) mass is 331 g/mol. The van der Waals surface area contributed by atoms with Gasteiger partial charge in [0, 0.05) is 0 Å². The molecule has 0 atom stereocenters. The van der Waals surface area contributed by atoms with E-state index in [0.717, 1.165) is 42.6 Å². The molecule has 1 saturated carbocycles. The number of ether oxygens (including phenoxy) is 2. The maximum Gasteiger partial charge on any atom is 0.347 e. The molecule has 1 aromatic rings. The molecule has 1 aromatic carbocycles. The summed E-state index contributed by atoms with van der Waals surface area (Å²) in [7, 11) is 1.64. The molecule has 0 unspecified atom stereocenters. The van der Waals surface area contributed by atoms with E-state index in [1.54, 1.807) is 13.3 Å². The first kappa shape index (κ1) is 18.0. The number of allylic oxidation sites excluding steroid dienone is 1. The lowest BCUT2D eigenvalue weighted by molar-refractivity contribution is -0.155. The van der Waals surface area contributed by atoms with Gasteiger partial charge in [0.15, 0.2) is 0 Å². The summed E-state index contributed by atoms with van der Waals surface area (Å²) < 4.78 is 10.5. The van der Waals surface area contributed by atoms with Gasteiger partial charge in [0.1, 0.15) is 11.9 Å². The van der Waals surface area contributed by atoms with Crippen LogP contribution >= 0.6 is 0 Å². The van der Waals surface area contributed by atoms with Gasteiger partial charge < -0.3 is 14.3 Å². The van der Waals surface area contributed by atoms with E-state index < -0.39 is 0 Å². The predicted molar refractivity (Wildman–Crippen MR) is 94.1 cm³/mol. The van der Waals surface area contributed by atoms with Gasteiger partial charge in [-0.3, -0.25) is 0 Å². The van der Waals surface area contributed by atoms with Crippen LogP contribution in [-0.2, 0) is 14.4 Å². The van der Waals surface area contributed by atoms with Crippen LogP contribution in [0.4, 0.5) is 0 Å². The third kappa shape index (κ3) is 6.44. The average molecular weight is 331 g/mol. The Morgan fingerprint density at radius 3 is 2.58 bits per heavy atom. The zero-order chi connectivity index (χ0) is 17.2. The summed E-state index contributed by atoms with van der Waals surface area (Å²) in [6.07, 6.45) is 9.01.